The lowest BCUT2D eigenvalue weighted by molar-refractivity contribution is 0.222. The van der Waals surface area contributed by atoms with Crippen molar-refractivity contribution in [1.29, 1.82) is 0 Å². The third kappa shape index (κ3) is 4.09. The van der Waals surface area contributed by atoms with Crippen LogP contribution in [-0.2, 0) is 6.42 Å². The molecular formula is C23H25N3O2. The summed E-state index contributed by atoms with van der Waals surface area (Å²) in [5.74, 6) is 1.37. The summed E-state index contributed by atoms with van der Waals surface area (Å²) in [6, 6.07) is 18.4. The first-order chi connectivity index (χ1) is 13.7. The standard InChI is InChI=1S/C23H25N3O2/c1-28-20-6-4-5-17(15-20)18-13-19(14-18)26-23(27)25-12-10-16-9-11-24-22-8-3-2-7-21(16)22/h2-9,11,15,18-19H,10,12-14H2,1H3,(H2,25,26,27). The van der Waals surface area contributed by atoms with Gasteiger partial charge in [0.2, 0.25) is 0 Å². The summed E-state index contributed by atoms with van der Waals surface area (Å²) < 4.78 is 5.29. The van der Waals surface area contributed by atoms with Gasteiger partial charge in [-0.3, -0.25) is 4.98 Å². The first-order valence-corrected chi connectivity index (χ1v) is 9.74. The molecule has 0 radical (unpaired) electrons. The van der Waals surface area contributed by atoms with E-state index in [0.29, 0.717) is 12.5 Å². The fourth-order valence-corrected chi connectivity index (χ4v) is 3.82. The number of para-hydroxylation sites is 1. The molecule has 2 aromatic carbocycles. The van der Waals surface area contributed by atoms with Gasteiger partial charge in [0.25, 0.3) is 0 Å². The highest BCUT2D eigenvalue weighted by atomic mass is 16.5. The van der Waals surface area contributed by atoms with Crippen molar-refractivity contribution in [2.75, 3.05) is 13.7 Å². The highest BCUT2D eigenvalue weighted by Gasteiger charge is 2.31. The third-order valence-corrected chi connectivity index (χ3v) is 5.46. The second kappa shape index (κ2) is 8.30. The van der Waals surface area contributed by atoms with Crippen LogP contribution in [0.2, 0.25) is 0 Å². The highest BCUT2D eigenvalue weighted by molar-refractivity contribution is 5.82. The zero-order valence-corrected chi connectivity index (χ0v) is 16.0. The second-order valence-corrected chi connectivity index (χ2v) is 7.28. The van der Waals surface area contributed by atoms with Crippen LogP contribution in [-0.4, -0.2) is 30.7 Å². The first-order valence-electron chi connectivity index (χ1n) is 9.74. The fraction of sp³-hybridized carbons (Fsp3) is 0.304. The predicted molar refractivity (Wildman–Crippen MR) is 111 cm³/mol. The molecule has 0 aliphatic heterocycles. The van der Waals surface area contributed by atoms with Crippen LogP contribution in [0.25, 0.3) is 10.9 Å². The van der Waals surface area contributed by atoms with Gasteiger partial charge in [0.05, 0.1) is 12.6 Å². The quantitative estimate of drug-likeness (QED) is 0.684. The number of nitrogens with one attached hydrogen (secondary N) is 2. The molecule has 0 spiro atoms. The van der Waals surface area contributed by atoms with E-state index < -0.39 is 0 Å². The minimum absolute atomic E-state index is 0.0903. The number of ether oxygens (including phenoxy) is 1. The van der Waals surface area contributed by atoms with Gasteiger partial charge in [0.1, 0.15) is 5.75 Å². The number of nitrogens with zero attached hydrogens (tertiary/aromatic N) is 1. The SMILES string of the molecule is COc1cccc(C2CC(NC(=O)NCCc3ccnc4ccccc34)C2)c1. The van der Waals surface area contributed by atoms with Gasteiger partial charge in [-0.25, -0.2) is 4.79 Å². The molecule has 0 bridgehead atoms. The van der Waals surface area contributed by atoms with Gasteiger partial charge >= 0.3 is 6.03 Å². The summed E-state index contributed by atoms with van der Waals surface area (Å²) in [7, 11) is 1.68. The average molecular weight is 375 g/mol. The smallest absolute Gasteiger partial charge is 0.315 e. The molecule has 5 nitrogen and oxygen atoms in total. The molecule has 0 unspecified atom stereocenters. The highest BCUT2D eigenvalue weighted by Crippen LogP contribution is 2.37. The van der Waals surface area contributed by atoms with Crippen molar-refractivity contribution in [1.82, 2.24) is 15.6 Å². The number of urea groups is 1. The van der Waals surface area contributed by atoms with Gasteiger partial charge in [0, 0.05) is 24.2 Å². The van der Waals surface area contributed by atoms with Gasteiger partial charge < -0.3 is 15.4 Å². The molecule has 1 aliphatic rings. The Hall–Kier alpha value is -3.08. The molecule has 1 saturated carbocycles. The molecule has 2 N–H and O–H groups in total. The fourth-order valence-electron chi connectivity index (χ4n) is 3.82. The number of methoxy groups -OCH3 is 1. The van der Waals surface area contributed by atoms with Crippen LogP contribution in [0.1, 0.15) is 29.9 Å². The van der Waals surface area contributed by atoms with E-state index in [1.807, 2.05) is 42.6 Å². The zero-order valence-electron chi connectivity index (χ0n) is 16.0. The van der Waals surface area contributed by atoms with Crippen LogP contribution in [0.3, 0.4) is 0 Å². The maximum absolute atomic E-state index is 12.2. The minimum Gasteiger partial charge on any atom is -0.497 e. The lowest BCUT2D eigenvalue weighted by atomic mass is 9.76. The Labute approximate surface area is 165 Å². The summed E-state index contributed by atoms with van der Waals surface area (Å²) in [5, 5.41) is 7.20. The van der Waals surface area contributed by atoms with Gasteiger partial charge in [-0.2, -0.15) is 0 Å². The molecule has 1 heterocycles. The lowest BCUT2D eigenvalue weighted by Gasteiger charge is -2.36. The third-order valence-electron chi connectivity index (χ3n) is 5.46. The summed E-state index contributed by atoms with van der Waals surface area (Å²) in [6.07, 6.45) is 4.55. The number of hydrogen-bond donors (Lipinski definition) is 2. The average Bonchev–Trinajstić information content (AvgIpc) is 2.70. The predicted octanol–water partition coefficient (Wildman–Crippen LogP) is 4.03. The molecule has 1 aromatic heterocycles. The number of pyridine rings is 1. The van der Waals surface area contributed by atoms with Gasteiger partial charge in [-0.15, -0.1) is 0 Å². The van der Waals surface area contributed by atoms with Crippen molar-refractivity contribution in [3.63, 3.8) is 0 Å². The molecule has 0 saturated heterocycles. The largest absolute Gasteiger partial charge is 0.497 e. The number of rotatable bonds is 6. The van der Waals surface area contributed by atoms with E-state index in [4.69, 9.17) is 4.74 Å². The normalized spacial score (nSPS) is 18.3. The monoisotopic (exact) mass is 375 g/mol. The number of carbonyl (C=O) groups is 1. The van der Waals surface area contributed by atoms with Gasteiger partial charge in [-0.05, 0) is 60.6 Å². The van der Waals surface area contributed by atoms with Crippen molar-refractivity contribution in [3.05, 3.63) is 71.9 Å². The molecule has 3 aromatic rings. The Balaban J connectivity index is 1.22. The van der Waals surface area contributed by atoms with Crippen LogP contribution in [0.5, 0.6) is 5.75 Å². The molecule has 2 amide bonds. The maximum atomic E-state index is 12.2. The summed E-state index contributed by atoms with van der Waals surface area (Å²) in [5.41, 5.74) is 3.47. The Morgan fingerprint density at radius 3 is 2.86 bits per heavy atom. The number of fused-ring (bicyclic) bond motifs is 1. The summed E-state index contributed by atoms with van der Waals surface area (Å²) in [4.78, 5) is 16.6. The molecule has 4 rings (SSSR count). The Morgan fingerprint density at radius 2 is 2.00 bits per heavy atom. The van der Waals surface area contributed by atoms with Crippen LogP contribution in [0.4, 0.5) is 4.79 Å². The van der Waals surface area contributed by atoms with Crippen molar-refractivity contribution < 1.29 is 9.53 Å². The maximum Gasteiger partial charge on any atom is 0.315 e. The van der Waals surface area contributed by atoms with Crippen molar-refractivity contribution >= 4 is 16.9 Å². The lowest BCUT2D eigenvalue weighted by Crippen LogP contribution is -2.48. The summed E-state index contributed by atoms with van der Waals surface area (Å²) >= 11 is 0. The van der Waals surface area contributed by atoms with Crippen molar-refractivity contribution in [2.45, 2.75) is 31.2 Å². The number of benzene rings is 2. The Morgan fingerprint density at radius 1 is 1.14 bits per heavy atom. The van der Waals surface area contributed by atoms with Crippen molar-refractivity contribution in [3.8, 4) is 5.75 Å². The van der Waals surface area contributed by atoms with Gasteiger partial charge in [0.15, 0.2) is 0 Å². The van der Waals surface area contributed by atoms with E-state index in [-0.39, 0.29) is 12.1 Å². The van der Waals surface area contributed by atoms with E-state index in [1.54, 1.807) is 7.11 Å². The summed E-state index contributed by atoms with van der Waals surface area (Å²) in [6.45, 7) is 0.603. The van der Waals surface area contributed by atoms with E-state index in [0.717, 1.165) is 35.9 Å². The number of hydrogen-bond acceptors (Lipinski definition) is 3. The molecular weight excluding hydrogens is 350 g/mol. The molecule has 144 valence electrons. The van der Waals surface area contributed by atoms with Crippen LogP contribution < -0.4 is 15.4 Å². The zero-order chi connectivity index (χ0) is 19.3. The van der Waals surface area contributed by atoms with E-state index in [1.165, 1.54) is 11.1 Å². The van der Waals surface area contributed by atoms with Gasteiger partial charge in [-0.1, -0.05) is 30.3 Å². The Bertz CT molecular complexity index is 961. The molecule has 5 heteroatoms. The number of carbonyl (C=O) groups excluding carboxylic acids is 1. The Kier molecular flexibility index (Phi) is 5.42. The van der Waals surface area contributed by atoms with Crippen LogP contribution in [0, 0.1) is 0 Å². The number of aromatic nitrogens is 1. The molecule has 1 aliphatic carbocycles. The van der Waals surface area contributed by atoms with Crippen LogP contribution >= 0.6 is 0 Å². The van der Waals surface area contributed by atoms with E-state index >= 15 is 0 Å². The van der Waals surface area contributed by atoms with E-state index in [9.17, 15) is 4.79 Å². The molecule has 0 atom stereocenters. The molecule has 28 heavy (non-hydrogen) atoms. The van der Waals surface area contributed by atoms with Crippen LogP contribution in [0.15, 0.2) is 60.8 Å². The number of amides is 2. The van der Waals surface area contributed by atoms with Crippen molar-refractivity contribution in [2.24, 2.45) is 0 Å². The first kappa shape index (κ1) is 18.3. The second-order valence-electron chi connectivity index (χ2n) is 7.28. The van der Waals surface area contributed by atoms with E-state index in [2.05, 4.69) is 33.8 Å². The minimum atomic E-state index is -0.0903. The topological polar surface area (TPSA) is 63.2 Å². The molecule has 1 fully saturated rings.